The van der Waals surface area contributed by atoms with Crippen molar-refractivity contribution in [3.8, 4) is 0 Å². The number of fused-ring (bicyclic) bond motifs is 7. The molecule has 10 rings (SSSR count). The largest absolute Gasteiger partial charge is 0.432 e. The fraction of sp³-hybridized carbons (Fsp3) is 0.949. The number of ether oxygens (including phenoxy) is 10. The van der Waals surface area contributed by atoms with E-state index in [0.717, 1.165) is 12.0 Å². The highest BCUT2D eigenvalue weighted by atomic mass is 16.8. The van der Waals surface area contributed by atoms with Gasteiger partial charge < -0.3 is 124 Å². The van der Waals surface area contributed by atoms with E-state index in [4.69, 9.17) is 47.4 Å². The summed E-state index contributed by atoms with van der Waals surface area (Å²) in [6.45, 7) is 15.9. The molecule has 5 heterocycles. The molecule has 4 saturated carbocycles. The third-order valence-corrected chi connectivity index (χ3v) is 23.1. The van der Waals surface area contributed by atoms with Crippen LogP contribution in [0.1, 0.15) is 120 Å². The summed E-state index contributed by atoms with van der Waals surface area (Å²) < 4.78 is 59.7. The zero-order valence-corrected chi connectivity index (χ0v) is 50.0. The number of allylic oxidation sites excluding steroid dienone is 2. The molecule has 26 heteroatoms. The standard InChI is InChI=1S/C59H96O26/c1-23-33(64)36(67)40(71)49(77-23)82-45-29(63)21-76-48(43(45)74)81-44-25(3)79-50(42(73)39(44)70)83-46-38(69)34(65)24(2)78-52(46)85-53(75)59-16-14-54(4,5)18-27(59)26-10-11-32-55(6)19-28(62)47(84-51-41(72)37(68)35(66)30(20-60)80-51)56(7,22-61)31(55)12-13-58(32,9)57(26,8)15-17-59/h10,23-25,27-52,60-74H,11-22H2,1-9H3/t23-,24+,25-,27-,28-,29+,30+,31+,32+,33-,34-,35+,36+,37-,38-,39-,40+,41+,42+,43+,44-,45-,46+,47-,48-,49-,50-,51-,52-,55-,56-,57+,58+,59-/m0/s1. The lowest BCUT2D eigenvalue weighted by atomic mass is 9.33. The summed E-state index contributed by atoms with van der Waals surface area (Å²) in [4.78, 5) is 15.5. The number of aliphatic hydroxyl groups is 15. The van der Waals surface area contributed by atoms with Crippen molar-refractivity contribution in [2.75, 3.05) is 19.8 Å². The summed E-state index contributed by atoms with van der Waals surface area (Å²) in [5, 5.41) is 165. The number of rotatable bonds is 12. The van der Waals surface area contributed by atoms with E-state index in [1.165, 1.54) is 20.8 Å². The minimum Gasteiger partial charge on any atom is -0.432 e. The van der Waals surface area contributed by atoms with E-state index in [9.17, 15) is 76.6 Å². The van der Waals surface area contributed by atoms with Crippen LogP contribution in [-0.4, -0.2) is 262 Å². The van der Waals surface area contributed by atoms with Crippen LogP contribution in [0.5, 0.6) is 0 Å². The number of esters is 1. The highest BCUT2D eigenvalue weighted by Crippen LogP contribution is 2.76. The first-order valence-corrected chi connectivity index (χ1v) is 30.6. The molecule has 0 amide bonds. The quantitative estimate of drug-likeness (QED) is 0.0544. The van der Waals surface area contributed by atoms with Gasteiger partial charge in [-0.15, -0.1) is 0 Å². The lowest BCUT2D eigenvalue weighted by Gasteiger charge is -2.72. The van der Waals surface area contributed by atoms with Crippen molar-refractivity contribution >= 4 is 5.97 Å². The number of carbonyl (C=O) groups excluding carboxylic acids is 1. The normalized spacial score (nSPS) is 56.1. The van der Waals surface area contributed by atoms with Crippen molar-refractivity contribution in [3.05, 3.63) is 11.6 Å². The average Bonchev–Trinajstić information content (AvgIpc) is 0.700. The maximum Gasteiger partial charge on any atom is 0.315 e. The SMILES string of the molecule is C[C@@H]1O[C@@H](O[C@@H]2[C@@H](O)[C@H](O[C@@H]3[C@@H](O)[C@@H](O)[C@H](O[C@H]4[C@H](OC(=O)[C@]56CCC(C)(C)C[C@H]5C5=CC[C@@H]7[C@@]8(C)C[C@H](O)[C@H](O[C@@H]9O[C@H](CO)[C@@H](O)[C@H](O)[C@H]9O)[C@@](C)(CO)[C@@H]8CC[C@@]7(C)[C@]5(C)CC6)O[C@H](C)[C@H](O)[C@@H]4O)O[C@H]3C)OC[C@H]2O)[C@H](O)[C@H](O)[C@H]1O. The number of aliphatic hydroxyl groups excluding tert-OH is 15. The zero-order valence-electron chi connectivity index (χ0n) is 50.0. The van der Waals surface area contributed by atoms with Gasteiger partial charge in [0.05, 0.1) is 55.8 Å². The van der Waals surface area contributed by atoms with Crippen LogP contribution in [0.25, 0.3) is 0 Å². The Morgan fingerprint density at radius 3 is 1.74 bits per heavy atom. The molecule has 26 nitrogen and oxygen atoms in total. The molecule has 15 N–H and O–H groups in total. The summed E-state index contributed by atoms with van der Waals surface area (Å²) in [5.41, 5.74) is -2.63. The van der Waals surface area contributed by atoms with Gasteiger partial charge in [0, 0.05) is 5.41 Å². The van der Waals surface area contributed by atoms with Gasteiger partial charge in [-0.2, -0.15) is 0 Å². The molecule has 0 aromatic rings. The lowest BCUT2D eigenvalue weighted by molar-refractivity contribution is -0.379. The molecule has 0 bridgehead atoms. The van der Waals surface area contributed by atoms with Gasteiger partial charge in [-0.3, -0.25) is 4.79 Å². The Kier molecular flexibility index (Phi) is 18.7. The molecular formula is C59H96O26. The summed E-state index contributed by atoms with van der Waals surface area (Å²) in [5.74, 6) is -1.14. The Bertz CT molecular complexity index is 2390. The van der Waals surface area contributed by atoms with E-state index >= 15 is 4.79 Å². The highest BCUT2D eigenvalue weighted by Gasteiger charge is 2.72. The van der Waals surface area contributed by atoms with Crippen molar-refractivity contribution < 1.29 is 129 Å². The van der Waals surface area contributed by atoms with E-state index in [2.05, 4.69) is 40.7 Å². The van der Waals surface area contributed by atoms with Gasteiger partial charge in [0.1, 0.15) is 91.6 Å². The van der Waals surface area contributed by atoms with Crippen LogP contribution in [0.4, 0.5) is 0 Å². The number of carbonyl (C=O) groups is 1. The van der Waals surface area contributed by atoms with Crippen molar-refractivity contribution in [1.29, 1.82) is 0 Å². The molecule has 0 spiro atoms. The van der Waals surface area contributed by atoms with Gasteiger partial charge in [-0.25, -0.2) is 0 Å². The van der Waals surface area contributed by atoms with Crippen LogP contribution in [0.2, 0.25) is 0 Å². The van der Waals surface area contributed by atoms with E-state index in [1.807, 2.05) is 6.92 Å². The van der Waals surface area contributed by atoms with Crippen molar-refractivity contribution in [2.24, 2.45) is 50.2 Å². The molecule has 0 unspecified atom stereocenters. The topological polar surface area (TPSA) is 413 Å². The third-order valence-electron chi connectivity index (χ3n) is 23.1. The smallest absolute Gasteiger partial charge is 0.315 e. The highest BCUT2D eigenvalue weighted by molar-refractivity contribution is 5.79. The second-order valence-corrected chi connectivity index (χ2v) is 28.6. The van der Waals surface area contributed by atoms with Crippen LogP contribution in [0, 0.1) is 50.2 Å². The maximum atomic E-state index is 15.5. The molecule has 34 atom stereocenters. The Balaban J connectivity index is 0.852. The maximum absolute atomic E-state index is 15.5. The van der Waals surface area contributed by atoms with Crippen LogP contribution in [0.15, 0.2) is 11.6 Å². The van der Waals surface area contributed by atoms with Crippen molar-refractivity contribution in [3.63, 3.8) is 0 Å². The summed E-state index contributed by atoms with van der Waals surface area (Å²) >= 11 is 0. The minimum absolute atomic E-state index is 0.0240. The lowest BCUT2D eigenvalue weighted by Crippen LogP contribution is -2.69. The first-order chi connectivity index (χ1) is 39.7. The van der Waals surface area contributed by atoms with E-state index in [-0.39, 0.29) is 41.6 Å². The fourth-order valence-electron chi connectivity index (χ4n) is 17.7. The summed E-state index contributed by atoms with van der Waals surface area (Å²) in [6, 6.07) is 0. The van der Waals surface area contributed by atoms with Crippen LogP contribution >= 0.6 is 0 Å². The molecule has 5 saturated heterocycles. The molecule has 85 heavy (non-hydrogen) atoms. The predicted molar refractivity (Wildman–Crippen MR) is 288 cm³/mol. The minimum atomic E-state index is -1.94. The number of hydrogen-bond acceptors (Lipinski definition) is 26. The Labute approximate surface area is 494 Å². The second kappa shape index (κ2) is 24.1. The van der Waals surface area contributed by atoms with E-state index < -0.39 is 200 Å². The molecule has 5 aliphatic heterocycles. The van der Waals surface area contributed by atoms with Crippen molar-refractivity contribution in [2.45, 2.75) is 280 Å². The van der Waals surface area contributed by atoms with Crippen LogP contribution < -0.4 is 0 Å². The monoisotopic (exact) mass is 1220 g/mol. The van der Waals surface area contributed by atoms with Gasteiger partial charge in [-0.05, 0) is 118 Å². The Morgan fingerprint density at radius 2 is 1.09 bits per heavy atom. The molecule has 10 aliphatic rings. The number of hydrogen-bond donors (Lipinski definition) is 15. The second-order valence-electron chi connectivity index (χ2n) is 28.6. The van der Waals surface area contributed by atoms with Gasteiger partial charge in [0.25, 0.3) is 0 Å². The van der Waals surface area contributed by atoms with E-state index in [0.29, 0.717) is 44.9 Å². The Hall–Kier alpha value is -1.75. The van der Waals surface area contributed by atoms with Crippen LogP contribution in [0.3, 0.4) is 0 Å². The molecule has 9 fully saturated rings. The van der Waals surface area contributed by atoms with Gasteiger partial charge >= 0.3 is 5.97 Å². The van der Waals surface area contributed by atoms with Crippen LogP contribution in [-0.2, 0) is 52.2 Å². The average molecular weight is 1220 g/mol. The molecule has 488 valence electrons. The molecule has 0 radical (unpaired) electrons. The third kappa shape index (κ3) is 10.9. The molecule has 5 aliphatic carbocycles. The zero-order chi connectivity index (χ0) is 62.2. The first kappa shape index (κ1) is 66.2. The predicted octanol–water partition coefficient (Wildman–Crippen LogP) is -2.55. The fourth-order valence-corrected chi connectivity index (χ4v) is 17.7. The first-order valence-electron chi connectivity index (χ1n) is 30.6. The van der Waals surface area contributed by atoms with Gasteiger partial charge in [-0.1, -0.05) is 53.2 Å². The molecule has 0 aromatic carbocycles. The Morgan fingerprint density at radius 1 is 0.541 bits per heavy atom. The molecular weight excluding hydrogens is 1120 g/mol. The van der Waals surface area contributed by atoms with Gasteiger partial charge in [0.2, 0.25) is 6.29 Å². The molecule has 0 aromatic heterocycles. The summed E-state index contributed by atoms with van der Waals surface area (Å²) in [6.07, 6.45) is -32.6. The summed E-state index contributed by atoms with van der Waals surface area (Å²) in [7, 11) is 0. The van der Waals surface area contributed by atoms with E-state index in [1.54, 1.807) is 0 Å². The van der Waals surface area contributed by atoms with Crippen molar-refractivity contribution in [1.82, 2.24) is 0 Å². The van der Waals surface area contributed by atoms with Gasteiger partial charge in [0.15, 0.2) is 31.3 Å².